The SMILES string of the molecule is Cc1cccc(-n2c(CCCl)nc3cc(I)ccc32)c1C. The molecule has 1 heterocycles. The normalized spacial score (nSPS) is 11.2. The van der Waals surface area contributed by atoms with Crippen LogP contribution in [-0.4, -0.2) is 15.4 Å². The van der Waals surface area contributed by atoms with Crippen LogP contribution in [0.15, 0.2) is 36.4 Å². The summed E-state index contributed by atoms with van der Waals surface area (Å²) in [6.07, 6.45) is 0.764. The molecule has 2 nitrogen and oxygen atoms in total. The number of rotatable bonds is 3. The molecule has 2 aromatic carbocycles. The molecule has 4 heteroatoms. The van der Waals surface area contributed by atoms with Crippen LogP contribution >= 0.6 is 34.2 Å². The number of halogens is 2. The molecule has 0 aliphatic heterocycles. The van der Waals surface area contributed by atoms with Crippen molar-refractivity contribution in [3.8, 4) is 5.69 Å². The van der Waals surface area contributed by atoms with Crippen molar-refractivity contribution in [1.82, 2.24) is 9.55 Å². The number of hydrogen-bond donors (Lipinski definition) is 0. The van der Waals surface area contributed by atoms with Gasteiger partial charge in [0.1, 0.15) is 5.82 Å². The molecule has 0 saturated carbocycles. The molecule has 0 radical (unpaired) electrons. The Bertz CT molecular complexity index is 808. The lowest BCUT2D eigenvalue weighted by Crippen LogP contribution is -2.04. The predicted octanol–water partition coefficient (Wildman–Crippen LogP) is 5.03. The van der Waals surface area contributed by atoms with E-state index in [0.29, 0.717) is 5.88 Å². The summed E-state index contributed by atoms with van der Waals surface area (Å²) in [6, 6.07) is 12.8. The Labute approximate surface area is 143 Å². The minimum Gasteiger partial charge on any atom is -0.296 e. The minimum atomic E-state index is 0.575. The predicted molar refractivity (Wildman–Crippen MR) is 97.7 cm³/mol. The first kappa shape index (κ1) is 14.9. The van der Waals surface area contributed by atoms with Gasteiger partial charge in [-0.2, -0.15) is 0 Å². The molecule has 1 aromatic heterocycles. The van der Waals surface area contributed by atoms with E-state index in [-0.39, 0.29) is 0 Å². The van der Waals surface area contributed by atoms with Gasteiger partial charge in [-0.1, -0.05) is 12.1 Å². The van der Waals surface area contributed by atoms with Gasteiger partial charge in [-0.15, -0.1) is 11.6 Å². The van der Waals surface area contributed by atoms with E-state index in [1.54, 1.807) is 0 Å². The fourth-order valence-electron chi connectivity index (χ4n) is 2.60. The van der Waals surface area contributed by atoms with E-state index in [9.17, 15) is 0 Å². The van der Waals surface area contributed by atoms with Gasteiger partial charge in [-0.3, -0.25) is 4.57 Å². The second-order valence-corrected chi connectivity index (χ2v) is 6.78. The molecule has 0 unspecified atom stereocenters. The quantitative estimate of drug-likeness (QED) is 0.437. The van der Waals surface area contributed by atoms with Gasteiger partial charge in [-0.25, -0.2) is 4.98 Å². The van der Waals surface area contributed by atoms with Crippen molar-refractivity contribution in [2.24, 2.45) is 0 Å². The molecular formula is C17H16ClIN2. The zero-order chi connectivity index (χ0) is 15.0. The van der Waals surface area contributed by atoms with Gasteiger partial charge >= 0.3 is 0 Å². The summed E-state index contributed by atoms with van der Waals surface area (Å²) in [5.74, 6) is 1.60. The van der Waals surface area contributed by atoms with Crippen molar-refractivity contribution in [3.05, 3.63) is 56.9 Å². The average Bonchev–Trinajstić information content (AvgIpc) is 2.79. The first-order valence-corrected chi connectivity index (χ1v) is 8.52. The molecule has 3 rings (SSSR count). The van der Waals surface area contributed by atoms with Gasteiger partial charge in [0.2, 0.25) is 0 Å². The van der Waals surface area contributed by atoms with Crippen molar-refractivity contribution in [2.75, 3.05) is 5.88 Å². The van der Waals surface area contributed by atoms with Gasteiger partial charge < -0.3 is 0 Å². The van der Waals surface area contributed by atoms with Crippen LogP contribution in [0, 0.1) is 17.4 Å². The number of fused-ring (bicyclic) bond motifs is 1. The molecule has 0 bridgehead atoms. The third-order valence-electron chi connectivity index (χ3n) is 3.82. The van der Waals surface area contributed by atoms with Gasteiger partial charge in [0.25, 0.3) is 0 Å². The first-order valence-electron chi connectivity index (χ1n) is 6.91. The maximum Gasteiger partial charge on any atom is 0.115 e. The number of aryl methyl sites for hydroxylation is 2. The summed E-state index contributed by atoms with van der Waals surface area (Å²) < 4.78 is 3.44. The Balaban J connectivity index is 2.33. The lowest BCUT2D eigenvalue weighted by atomic mass is 10.1. The van der Waals surface area contributed by atoms with Gasteiger partial charge in [-0.05, 0) is 71.8 Å². The van der Waals surface area contributed by atoms with Crippen molar-refractivity contribution >= 4 is 45.2 Å². The van der Waals surface area contributed by atoms with E-state index in [1.807, 2.05) is 0 Å². The van der Waals surface area contributed by atoms with Crippen LogP contribution in [-0.2, 0) is 6.42 Å². The van der Waals surface area contributed by atoms with E-state index in [2.05, 4.69) is 77.4 Å². The summed E-state index contributed by atoms with van der Waals surface area (Å²) >= 11 is 8.29. The van der Waals surface area contributed by atoms with Crippen molar-refractivity contribution in [1.29, 1.82) is 0 Å². The second-order valence-electron chi connectivity index (χ2n) is 5.15. The highest BCUT2D eigenvalue weighted by Gasteiger charge is 2.14. The molecule has 0 spiro atoms. The van der Waals surface area contributed by atoms with Crippen molar-refractivity contribution < 1.29 is 0 Å². The van der Waals surface area contributed by atoms with Crippen LogP contribution in [0.4, 0.5) is 0 Å². The van der Waals surface area contributed by atoms with Crippen molar-refractivity contribution in [3.63, 3.8) is 0 Å². The van der Waals surface area contributed by atoms with Crippen LogP contribution in [0.2, 0.25) is 0 Å². The van der Waals surface area contributed by atoms with Crippen LogP contribution in [0.25, 0.3) is 16.7 Å². The number of imidazole rings is 1. The van der Waals surface area contributed by atoms with Crippen LogP contribution < -0.4 is 0 Å². The standard InChI is InChI=1S/C17H16ClIN2/c1-11-4-3-5-15(12(11)2)21-16-7-6-13(19)10-14(16)20-17(21)8-9-18/h3-7,10H,8-9H2,1-2H3. The van der Waals surface area contributed by atoms with E-state index in [4.69, 9.17) is 16.6 Å². The summed E-state index contributed by atoms with van der Waals surface area (Å²) in [5.41, 5.74) is 5.94. The number of hydrogen-bond acceptors (Lipinski definition) is 1. The van der Waals surface area contributed by atoms with E-state index < -0.39 is 0 Å². The summed E-state index contributed by atoms with van der Waals surface area (Å²) in [5, 5.41) is 0. The molecule has 0 aliphatic rings. The molecule has 0 amide bonds. The zero-order valence-electron chi connectivity index (χ0n) is 12.0. The Morgan fingerprint density at radius 3 is 2.76 bits per heavy atom. The molecule has 21 heavy (non-hydrogen) atoms. The Morgan fingerprint density at radius 2 is 2.00 bits per heavy atom. The summed E-state index contributed by atoms with van der Waals surface area (Å²) in [4.78, 5) is 4.78. The maximum absolute atomic E-state index is 5.97. The highest BCUT2D eigenvalue weighted by molar-refractivity contribution is 14.1. The lowest BCUT2D eigenvalue weighted by Gasteiger charge is -2.13. The lowest BCUT2D eigenvalue weighted by molar-refractivity contribution is 0.905. The van der Waals surface area contributed by atoms with Gasteiger partial charge in [0, 0.05) is 15.9 Å². The minimum absolute atomic E-state index is 0.575. The van der Waals surface area contributed by atoms with Gasteiger partial charge in [0.05, 0.1) is 16.7 Å². The molecule has 108 valence electrons. The maximum atomic E-state index is 5.97. The fraction of sp³-hybridized carbons (Fsp3) is 0.235. The number of aromatic nitrogens is 2. The van der Waals surface area contributed by atoms with Crippen molar-refractivity contribution in [2.45, 2.75) is 20.3 Å². The molecule has 0 fully saturated rings. The third-order valence-corrected chi connectivity index (χ3v) is 4.68. The summed E-state index contributed by atoms with van der Waals surface area (Å²) in [6.45, 7) is 4.30. The van der Waals surface area contributed by atoms with Crippen LogP contribution in [0.1, 0.15) is 17.0 Å². The number of alkyl halides is 1. The monoisotopic (exact) mass is 410 g/mol. The average molecular weight is 411 g/mol. The fourth-order valence-corrected chi connectivity index (χ4v) is 3.25. The highest BCUT2D eigenvalue weighted by Crippen LogP contribution is 2.26. The number of benzene rings is 2. The molecular weight excluding hydrogens is 395 g/mol. The Morgan fingerprint density at radius 1 is 1.19 bits per heavy atom. The molecule has 0 saturated heterocycles. The molecule has 0 aliphatic carbocycles. The molecule has 0 N–H and O–H groups in total. The van der Waals surface area contributed by atoms with Crippen LogP contribution in [0.5, 0.6) is 0 Å². The summed E-state index contributed by atoms with van der Waals surface area (Å²) in [7, 11) is 0. The third kappa shape index (κ3) is 2.69. The largest absolute Gasteiger partial charge is 0.296 e. The van der Waals surface area contributed by atoms with E-state index in [1.165, 1.54) is 20.4 Å². The van der Waals surface area contributed by atoms with Gasteiger partial charge in [0.15, 0.2) is 0 Å². The zero-order valence-corrected chi connectivity index (χ0v) is 14.9. The van der Waals surface area contributed by atoms with E-state index in [0.717, 1.165) is 23.3 Å². The van der Waals surface area contributed by atoms with E-state index >= 15 is 0 Å². The smallest absolute Gasteiger partial charge is 0.115 e. The second kappa shape index (κ2) is 5.97. The Hall–Kier alpha value is -1.07. The Kier molecular flexibility index (Phi) is 4.22. The number of nitrogens with zero attached hydrogens (tertiary/aromatic N) is 2. The first-order chi connectivity index (χ1) is 10.1. The topological polar surface area (TPSA) is 17.8 Å². The highest BCUT2D eigenvalue weighted by atomic mass is 127. The molecule has 3 aromatic rings. The van der Waals surface area contributed by atoms with Crippen LogP contribution in [0.3, 0.4) is 0 Å². The molecule has 0 atom stereocenters.